The van der Waals surface area contributed by atoms with Crippen molar-refractivity contribution >= 4 is 33.2 Å². The van der Waals surface area contributed by atoms with Crippen molar-refractivity contribution < 1.29 is 23.1 Å². The Morgan fingerprint density at radius 3 is 2.67 bits per heavy atom. The normalized spacial score (nSPS) is 28.7. The van der Waals surface area contributed by atoms with Crippen molar-refractivity contribution in [2.75, 3.05) is 18.0 Å². The standard InChI is InChI=1S/C34H45ClN2O5S/c1-22(2)17-33-23(3)7-6-9-31(38)29-14-11-26(29)20-37-16-5-4-8-24-18-28(35)13-10-27(24)21-42-32-15-12-25(19-30(32)37)34(39)36-43(33,40)41/h6,9-10,12-13,15,18-19,22-23,26,29,31,33,38H,4-5,7-8,11,14,16-17,20-21H2,1-3H3,(H,36,39)/b9-6+/t23-,26+,29-,31+,33?/m1/s1. The molecule has 1 fully saturated rings. The molecule has 1 saturated carbocycles. The third-order valence-electron chi connectivity index (χ3n) is 9.42. The number of nitrogens with one attached hydrogen (secondary N) is 1. The fourth-order valence-electron chi connectivity index (χ4n) is 6.75. The van der Waals surface area contributed by atoms with Crippen molar-refractivity contribution in [2.45, 2.75) is 83.7 Å². The van der Waals surface area contributed by atoms with E-state index in [9.17, 15) is 18.3 Å². The van der Waals surface area contributed by atoms with Crippen molar-refractivity contribution in [1.29, 1.82) is 0 Å². The number of carbonyl (C=O) groups excluding carboxylic acids is 1. The molecule has 2 N–H and O–H groups in total. The van der Waals surface area contributed by atoms with Gasteiger partial charge in [-0.3, -0.25) is 4.79 Å². The third kappa shape index (κ3) is 7.58. The summed E-state index contributed by atoms with van der Waals surface area (Å²) in [6, 6.07) is 11.1. The van der Waals surface area contributed by atoms with Crippen LogP contribution in [-0.4, -0.2) is 43.9 Å². The Morgan fingerprint density at radius 2 is 1.93 bits per heavy atom. The van der Waals surface area contributed by atoms with Gasteiger partial charge in [-0.1, -0.05) is 50.6 Å². The molecule has 234 valence electrons. The zero-order chi connectivity index (χ0) is 30.7. The largest absolute Gasteiger partial charge is 0.487 e. The van der Waals surface area contributed by atoms with Gasteiger partial charge >= 0.3 is 0 Å². The number of allylic oxidation sites excluding steroid dienone is 1. The van der Waals surface area contributed by atoms with Gasteiger partial charge in [0.1, 0.15) is 12.4 Å². The van der Waals surface area contributed by atoms with Crippen LogP contribution in [0.1, 0.15) is 80.8 Å². The van der Waals surface area contributed by atoms with Crippen LogP contribution >= 0.6 is 11.6 Å². The van der Waals surface area contributed by atoms with Gasteiger partial charge in [-0.05, 0) is 110 Å². The lowest BCUT2D eigenvalue weighted by Gasteiger charge is -2.42. The lowest BCUT2D eigenvalue weighted by atomic mass is 9.70. The molecular weight excluding hydrogens is 584 g/mol. The molecule has 0 aromatic heterocycles. The Kier molecular flexibility index (Phi) is 10.1. The van der Waals surface area contributed by atoms with Gasteiger partial charge in [0, 0.05) is 23.7 Å². The molecule has 1 unspecified atom stereocenters. The number of aliphatic hydroxyl groups excluding tert-OH is 1. The molecule has 0 saturated heterocycles. The summed E-state index contributed by atoms with van der Waals surface area (Å²) in [6.07, 6.45) is 8.89. The predicted octanol–water partition coefficient (Wildman–Crippen LogP) is 6.52. The lowest BCUT2D eigenvalue weighted by molar-refractivity contribution is 0.0461. The van der Waals surface area contributed by atoms with Gasteiger partial charge in [0.05, 0.1) is 17.0 Å². The van der Waals surface area contributed by atoms with E-state index >= 15 is 0 Å². The average Bonchev–Trinajstić information content (AvgIpc) is 2.96. The minimum absolute atomic E-state index is 0.134. The summed E-state index contributed by atoms with van der Waals surface area (Å²) in [5.41, 5.74) is 3.31. The van der Waals surface area contributed by atoms with Crippen molar-refractivity contribution in [1.82, 2.24) is 4.72 Å². The molecule has 3 aliphatic rings. The number of rotatable bonds is 2. The second-order valence-corrected chi connectivity index (χ2v) is 15.4. The van der Waals surface area contributed by atoms with Gasteiger partial charge in [-0.25, -0.2) is 13.1 Å². The van der Waals surface area contributed by atoms with Gasteiger partial charge < -0.3 is 14.7 Å². The number of anilines is 1. The highest BCUT2D eigenvalue weighted by Gasteiger charge is 2.38. The van der Waals surface area contributed by atoms with Crippen LogP contribution in [0, 0.1) is 23.7 Å². The molecule has 1 amide bonds. The van der Waals surface area contributed by atoms with E-state index in [0.717, 1.165) is 56.4 Å². The smallest absolute Gasteiger partial charge is 0.264 e. The molecule has 2 aromatic rings. The van der Waals surface area contributed by atoms with Crippen LogP contribution in [-0.2, 0) is 23.1 Å². The Labute approximate surface area is 261 Å². The first-order chi connectivity index (χ1) is 20.5. The van der Waals surface area contributed by atoms with Gasteiger partial charge in [0.15, 0.2) is 0 Å². The fourth-order valence-corrected chi connectivity index (χ4v) is 8.84. The number of aryl methyl sites for hydroxylation is 1. The first-order valence-electron chi connectivity index (χ1n) is 15.7. The molecule has 43 heavy (non-hydrogen) atoms. The summed E-state index contributed by atoms with van der Waals surface area (Å²) in [5.74, 6) is 0.356. The molecule has 9 heteroatoms. The molecule has 0 spiro atoms. The van der Waals surface area contributed by atoms with Crippen molar-refractivity contribution in [2.24, 2.45) is 23.7 Å². The number of hydrogen-bond donors (Lipinski definition) is 2. The van der Waals surface area contributed by atoms with E-state index in [1.807, 2.05) is 51.1 Å². The maximum absolute atomic E-state index is 13.6. The van der Waals surface area contributed by atoms with Crippen LogP contribution in [0.3, 0.4) is 0 Å². The monoisotopic (exact) mass is 628 g/mol. The van der Waals surface area contributed by atoms with Gasteiger partial charge in [0.25, 0.3) is 5.91 Å². The molecule has 2 aliphatic heterocycles. The SMILES string of the molecule is CC(C)CC1[C@H](C)C/C=C/[C@H](O)[C@@H]2CC[C@H]2CN2CCCCc3cc(Cl)ccc3COc3ccc(cc32)C(=O)NS1(=O)=O. The highest BCUT2D eigenvalue weighted by atomic mass is 35.5. The quantitative estimate of drug-likeness (QED) is 0.368. The van der Waals surface area contributed by atoms with Gasteiger partial charge in [0.2, 0.25) is 10.0 Å². The molecule has 7 nitrogen and oxygen atoms in total. The number of halogens is 1. The van der Waals surface area contributed by atoms with Crippen molar-refractivity contribution in [3.05, 3.63) is 70.3 Å². The number of aliphatic hydroxyl groups is 1. The van der Waals surface area contributed by atoms with Gasteiger partial charge in [-0.2, -0.15) is 0 Å². The summed E-state index contributed by atoms with van der Waals surface area (Å²) in [5, 5.41) is 11.1. The van der Waals surface area contributed by atoms with E-state index in [1.165, 1.54) is 5.56 Å². The molecule has 2 heterocycles. The maximum Gasteiger partial charge on any atom is 0.264 e. The number of nitrogens with zero attached hydrogens (tertiary/aromatic N) is 1. The van der Waals surface area contributed by atoms with E-state index in [0.29, 0.717) is 36.1 Å². The number of sulfonamides is 1. The van der Waals surface area contributed by atoms with E-state index in [1.54, 1.807) is 18.2 Å². The van der Waals surface area contributed by atoms with Crippen LogP contribution in [0.15, 0.2) is 48.6 Å². The molecule has 2 bridgehead atoms. The van der Waals surface area contributed by atoms with E-state index < -0.39 is 27.3 Å². The number of amides is 1. The topological polar surface area (TPSA) is 95.9 Å². The number of hydrogen-bond acceptors (Lipinski definition) is 6. The molecule has 0 radical (unpaired) electrons. The lowest BCUT2D eigenvalue weighted by Crippen LogP contribution is -2.44. The Morgan fingerprint density at radius 1 is 1.12 bits per heavy atom. The second-order valence-electron chi connectivity index (χ2n) is 13.1. The number of benzene rings is 2. The van der Waals surface area contributed by atoms with Crippen molar-refractivity contribution in [3.63, 3.8) is 0 Å². The van der Waals surface area contributed by atoms with Crippen LogP contribution in [0.5, 0.6) is 5.75 Å². The summed E-state index contributed by atoms with van der Waals surface area (Å²) in [4.78, 5) is 15.8. The minimum atomic E-state index is -3.97. The summed E-state index contributed by atoms with van der Waals surface area (Å²) in [7, 11) is -3.97. The van der Waals surface area contributed by atoms with E-state index in [2.05, 4.69) is 9.62 Å². The highest BCUT2D eigenvalue weighted by molar-refractivity contribution is 7.90. The van der Waals surface area contributed by atoms with Gasteiger partial charge in [-0.15, -0.1) is 0 Å². The highest BCUT2D eigenvalue weighted by Crippen LogP contribution is 2.41. The Balaban J connectivity index is 1.54. The van der Waals surface area contributed by atoms with Crippen LogP contribution < -0.4 is 14.4 Å². The minimum Gasteiger partial charge on any atom is -0.487 e. The summed E-state index contributed by atoms with van der Waals surface area (Å²) < 4.78 is 36.1. The zero-order valence-electron chi connectivity index (χ0n) is 25.5. The number of carbonyl (C=O) groups is 1. The number of ether oxygens (including phenoxy) is 1. The van der Waals surface area contributed by atoms with E-state index in [-0.39, 0.29) is 23.3 Å². The first-order valence-corrected chi connectivity index (χ1v) is 17.6. The maximum atomic E-state index is 13.6. The molecule has 5 atom stereocenters. The van der Waals surface area contributed by atoms with Crippen LogP contribution in [0.25, 0.3) is 0 Å². The second kappa shape index (κ2) is 13.6. The summed E-state index contributed by atoms with van der Waals surface area (Å²) in [6.45, 7) is 7.72. The molecule has 5 rings (SSSR count). The summed E-state index contributed by atoms with van der Waals surface area (Å²) >= 11 is 6.32. The predicted molar refractivity (Wildman–Crippen MR) is 172 cm³/mol. The first kappa shape index (κ1) is 31.9. The Hall–Kier alpha value is -2.55. The molecule has 1 aliphatic carbocycles. The zero-order valence-corrected chi connectivity index (χ0v) is 27.0. The van der Waals surface area contributed by atoms with Crippen molar-refractivity contribution in [3.8, 4) is 5.75 Å². The fraction of sp³-hybridized carbons (Fsp3) is 0.559. The number of fused-ring (bicyclic) bond motifs is 3. The van der Waals surface area contributed by atoms with Crippen LogP contribution in [0.2, 0.25) is 5.02 Å². The molecule has 2 aromatic carbocycles. The third-order valence-corrected chi connectivity index (χ3v) is 11.6. The Bertz CT molecular complexity index is 1440. The van der Waals surface area contributed by atoms with Crippen LogP contribution in [0.4, 0.5) is 5.69 Å². The molecular formula is C34H45ClN2O5S. The van der Waals surface area contributed by atoms with E-state index in [4.69, 9.17) is 16.3 Å². The average molecular weight is 629 g/mol.